The molecule has 6 nitrogen and oxygen atoms in total. The Bertz CT molecular complexity index is 839. The van der Waals surface area contributed by atoms with E-state index in [1.54, 1.807) is 17.4 Å². The summed E-state index contributed by atoms with van der Waals surface area (Å²) < 4.78 is 52.4. The van der Waals surface area contributed by atoms with Crippen molar-refractivity contribution in [1.82, 2.24) is 10.3 Å². The van der Waals surface area contributed by atoms with E-state index in [1.165, 1.54) is 39.8 Å². The molecule has 0 saturated carbocycles. The summed E-state index contributed by atoms with van der Waals surface area (Å²) in [6.07, 6.45) is -5.55. The molecule has 0 spiro atoms. The predicted octanol–water partition coefficient (Wildman–Crippen LogP) is 4.01. The fraction of sp³-hybridized carbons (Fsp3) is 0.444. The monoisotopic (exact) mass is 386 g/mol. The van der Waals surface area contributed by atoms with E-state index in [4.69, 9.17) is 9.47 Å². The van der Waals surface area contributed by atoms with Crippen molar-refractivity contribution in [3.8, 4) is 0 Å². The molecule has 2 rings (SSSR count). The van der Waals surface area contributed by atoms with E-state index >= 15 is 0 Å². The highest BCUT2D eigenvalue weighted by molar-refractivity contribution is 5.95. The molecule has 0 fully saturated rings. The first-order valence-corrected chi connectivity index (χ1v) is 8.24. The lowest BCUT2D eigenvalue weighted by Gasteiger charge is -2.34. The average Bonchev–Trinajstić information content (AvgIpc) is 2.94. The van der Waals surface area contributed by atoms with E-state index in [0.29, 0.717) is 5.52 Å². The minimum atomic E-state index is -5.19. The molecule has 1 amide bonds. The van der Waals surface area contributed by atoms with Gasteiger partial charge in [-0.3, -0.25) is 5.32 Å². The number of nitrogens with one attached hydrogen (secondary N) is 2. The fourth-order valence-corrected chi connectivity index (χ4v) is 2.65. The number of carbonyl (C=O) groups excluding carboxylic acids is 2. The maximum absolute atomic E-state index is 14.2. The van der Waals surface area contributed by atoms with E-state index in [-0.39, 0.29) is 12.0 Å². The Morgan fingerprint density at radius 1 is 1.15 bits per heavy atom. The van der Waals surface area contributed by atoms with Gasteiger partial charge >= 0.3 is 18.2 Å². The van der Waals surface area contributed by atoms with Crippen LogP contribution in [0.4, 0.5) is 18.0 Å². The number of alkyl carbamates (subject to hydrolysis) is 1. The van der Waals surface area contributed by atoms with E-state index in [0.717, 1.165) is 6.20 Å². The highest BCUT2D eigenvalue weighted by Crippen LogP contribution is 2.43. The minimum absolute atomic E-state index is 0.124. The second kappa shape index (κ2) is 7.13. The van der Waals surface area contributed by atoms with Gasteiger partial charge in [0.25, 0.3) is 5.54 Å². The number of aromatic nitrogens is 1. The van der Waals surface area contributed by atoms with E-state index < -0.39 is 34.9 Å². The molecule has 0 aliphatic rings. The Morgan fingerprint density at radius 2 is 1.78 bits per heavy atom. The Kier molecular flexibility index (Phi) is 5.44. The van der Waals surface area contributed by atoms with Crippen molar-refractivity contribution in [3.63, 3.8) is 0 Å². The lowest BCUT2D eigenvalue weighted by Crippen LogP contribution is -2.62. The number of carbonyl (C=O) groups is 2. The molecule has 0 aliphatic carbocycles. The first-order valence-electron chi connectivity index (χ1n) is 8.24. The first kappa shape index (κ1) is 20.6. The van der Waals surface area contributed by atoms with Crippen molar-refractivity contribution in [2.75, 3.05) is 6.61 Å². The fourth-order valence-electron chi connectivity index (χ4n) is 2.65. The predicted molar refractivity (Wildman–Crippen MR) is 92.0 cm³/mol. The molecule has 1 aromatic carbocycles. The lowest BCUT2D eigenvalue weighted by atomic mass is 9.88. The Morgan fingerprint density at radius 3 is 2.33 bits per heavy atom. The van der Waals surface area contributed by atoms with Crippen LogP contribution in [-0.4, -0.2) is 35.4 Å². The van der Waals surface area contributed by atoms with Crippen molar-refractivity contribution in [2.45, 2.75) is 45.0 Å². The standard InChI is InChI=1S/C18H21F3N2O4/c1-5-26-14(24)17(18(19,20)21,23-15(25)27-16(2,3)4)12-10-22-13-9-7-6-8-11(12)13/h6-10,22H,5H2,1-4H3,(H,23,25)/t17-/m1/s1. The number of aromatic amines is 1. The van der Waals surface area contributed by atoms with Crippen LogP contribution >= 0.6 is 0 Å². The Balaban J connectivity index is 2.69. The number of para-hydroxylation sites is 1. The maximum atomic E-state index is 14.2. The minimum Gasteiger partial charge on any atom is -0.464 e. The second-order valence-electron chi connectivity index (χ2n) is 6.84. The zero-order valence-corrected chi connectivity index (χ0v) is 15.4. The normalized spacial score (nSPS) is 14.5. The number of esters is 1. The number of hydrogen-bond acceptors (Lipinski definition) is 4. The molecular formula is C18H21F3N2O4. The topological polar surface area (TPSA) is 80.4 Å². The van der Waals surface area contributed by atoms with Gasteiger partial charge in [0.2, 0.25) is 0 Å². The first-order chi connectivity index (χ1) is 12.4. The lowest BCUT2D eigenvalue weighted by molar-refractivity contribution is -0.215. The molecule has 0 bridgehead atoms. The molecule has 1 aromatic heterocycles. The van der Waals surface area contributed by atoms with E-state index in [9.17, 15) is 22.8 Å². The summed E-state index contributed by atoms with van der Waals surface area (Å²) in [6, 6.07) is 6.12. The molecule has 0 saturated heterocycles. The summed E-state index contributed by atoms with van der Waals surface area (Å²) in [5, 5.41) is 1.85. The molecule has 0 radical (unpaired) electrons. The van der Waals surface area contributed by atoms with Crippen molar-refractivity contribution < 1.29 is 32.2 Å². The van der Waals surface area contributed by atoms with E-state index in [1.807, 2.05) is 0 Å². The Labute approximate surface area is 154 Å². The van der Waals surface area contributed by atoms with Gasteiger partial charge in [-0.15, -0.1) is 0 Å². The molecule has 0 aliphatic heterocycles. The van der Waals surface area contributed by atoms with Gasteiger partial charge in [-0.25, -0.2) is 9.59 Å². The molecule has 1 atom stereocenters. The van der Waals surface area contributed by atoms with Crippen molar-refractivity contribution in [1.29, 1.82) is 0 Å². The summed E-state index contributed by atoms with van der Waals surface area (Å²) in [5.41, 5.74) is -4.59. The molecular weight excluding hydrogens is 365 g/mol. The number of halogens is 3. The summed E-state index contributed by atoms with van der Waals surface area (Å²) in [7, 11) is 0. The van der Waals surface area contributed by atoms with Crippen LogP contribution < -0.4 is 5.32 Å². The average molecular weight is 386 g/mol. The van der Waals surface area contributed by atoms with Crippen LogP contribution in [0.2, 0.25) is 0 Å². The summed E-state index contributed by atoms with van der Waals surface area (Å²) in [4.78, 5) is 27.4. The van der Waals surface area contributed by atoms with Crippen LogP contribution in [0.3, 0.4) is 0 Å². The highest BCUT2D eigenvalue weighted by atomic mass is 19.4. The van der Waals surface area contributed by atoms with Crippen LogP contribution in [0.1, 0.15) is 33.3 Å². The third kappa shape index (κ3) is 4.01. The van der Waals surface area contributed by atoms with Gasteiger partial charge in [0.1, 0.15) is 5.60 Å². The third-order valence-electron chi connectivity index (χ3n) is 3.69. The SMILES string of the molecule is CCOC(=O)[C@](NC(=O)OC(C)(C)C)(c1c[nH]c2ccccc12)C(F)(F)F. The molecule has 2 aromatic rings. The molecule has 0 unspecified atom stereocenters. The number of alkyl halides is 3. The van der Waals surface area contributed by atoms with Crippen LogP contribution in [0.25, 0.3) is 10.9 Å². The van der Waals surface area contributed by atoms with Crippen LogP contribution in [0.15, 0.2) is 30.5 Å². The number of amides is 1. The number of H-pyrrole nitrogens is 1. The van der Waals surface area contributed by atoms with Gasteiger partial charge in [0.05, 0.1) is 6.61 Å². The third-order valence-corrected chi connectivity index (χ3v) is 3.69. The van der Waals surface area contributed by atoms with Crippen molar-refractivity contribution >= 4 is 23.0 Å². The van der Waals surface area contributed by atoms with E-state index in [2.05, 4.69) is 4.98 Å². The highest BCUT2D eigenvalue weighted by Gasteiger charge is 2.65. The van der Waals surface area contributed by atoms with Gasteiger partial charge < -0.3 is 14.5 Å². The number of ether oxygens (including phenoxy) is 2. The van der Waals surface area contributed by atoms with Crippen LogP contribution in [0, 0.1) is 0 Å². The number of rotatable bonds is 4. The van der Waals surface area contributed by atoms with Gasteiger partial charge in [-0.2, -0.15) is 13.2 Å². The van der Waals surface area contributed by atoms with Gasteiger partial charge in [-0.1, -0.05) is 18.2 Å². The van der Waals surface area contributed by atoms with Crippen molar-refractivity contribution in [2.24, 2.45) is 0 Å². The summed E-state index contributed by atoms with van der Waals surface area (Å²) in [5.74, 6) is -1.65. The smallest absolute Gasteiger partial charge is 0.427 e. The molecule has 9 heteroatoms. The van der Waals surface area contributed by atoms with Crippen molar-refractivity contribution in [3.05, 3.63) is 36.0 Å². The van der Waals surface area contributed by atoms with Crippen LogP contribution in [-0.2, 0) is 19.8 Å². The molecule has 27 heavy (non-hydrogen) atoms. The van der Waals surface area contributed by atoms with Gasteiger partial charge in [0.15, 0.2) is 0 Å². The number of benzene rings is 1. The summed E-state index contributed by atoms with van der Waals surface area (Å²) in [6.45, 7) is 5.57. The number of fused-ring (bicyclic) bond motifs is 1. The quantitative estimate of drug-likeness (QED) is 0.778. The number of hydrogen-bond donors (Lipinski definition) is 2. The van der Waals surface area contributed by atoms with Crippen LogP contribution in [0.5, 0.6) is 0 Å². The molecule has 2 N–H and O–H groups in total. The Hall–Kier alpha value is -2.71. The molecule has 148 valence electrons. The van der Waals surface area contributed by atoms with Gasteiger partial charge in [0, 0.05) is 22.7 Å². The van der Waals surface area contributed by atoms with Gasteiger partial charge in [-0.05, 0) is 33.8 Å². The summed E-state index contributed by atoms with van der Waals surface area (Å²) >= 11 is 0. The second-order valence-corrected chi connectivity index (χ2v) is 6.84. The molecule has 1 heterocycles. The maximum Gasteiger partial charge on any atom is 0.427 e. The largest absolute Gasteiger partial charge is 0.464 e. The zero-order valence-electron chi connectivity index (χ0n) is 15.4. The zero-order chi connectivity index (χ0) is 20.5.